The Morgan fingerprint density at radius 3 is 2.17 bits per heavy atom. The molecule has 0 aliphatic carbocycles. The van der Waals surface area contributed by atoms with Crippen molar-refractivity contribution in [3.05, 3.63) is 0 Å². The summed E-state index contributed by atoms with van der Waals surface area (Å²) in [6, 6.07) is 0.838. The van der Waals surface area contributed by atoms with Crippen LogP contribution >= 0.6 is 15.9 Å². The van der Waals surface area contributed by atoms with E-state index in [1.165, 1.54) is 38.8 Å². The molecule has 0 radical (unpaired) electrons. The lowest BCUT2D eigenvalue weighted by molar-refractivity contribution is 0.158. The lowest BCUT2D eigenvalue weighted by Crippen LogP contribution is -2.41. The van der Waals surface area contributed by atoms with Gasteiger partial charge in [-0.15, -0.1) is 0 Å². The molecule has 0 aromatic carbocycles. The highest BCUT2D eigenvalue weighted by Gasteiger charge is 2.21. The largest absolute Gasteiger partial charge is 0.300 e. The number of rotatable bonds is 3. The predicted molar refractivity (Wildman–Crippen MR) is 57.9 cm³/mol. The summed E-state index contributed by atoms with van der Waals surface area (Å²) in [4.78, 5) is 3.43. The molecule has 12 heavy (non-hydrogen) atoms. The second-order valence-electron chi connectivity index (χ2n) is 3.68. The van der Waals surface area contributed by atoms with Crippen LogP contribution in [-0.2, 0) is 0 Å². The number of hydrogen-bond donors (Lipinski definition) is 0. The zero-order chi connectivity index (χ0) is 8.97. The molecule has 0 N–H and O–H groups in total. The van der Waals surface area contributed by atoms with Crippen LogP contribution in [0.1, 0.15) is 39.5 Å². The summed E-state index contributed by atoms with van der Waals surface area (Å²) >= 11 is 3.68. The maximum atomic E-state index is 3.68. The van der Waals surface area contributed by atoms with Gasteiger partial charge in [-0.3, -0.25) is 0 Å². The average Bonchev–Trinajstić information content (AvgIpc) is 2.10. The van der Waals surface area contributed by atoms with Gasteiger partial charge >= 0.3 is 0 Å². The molecule has 0 spiro atoms. The predicted octanol–water partition coefficient (Wildman–Crippen LogP) is 3.03. The minimum absolute atomic E-state index is 0.781. The SMILES string of the molecule is CCC(CC)N1CCC(Br)CC1. The number of nitrogens with zero attached hydrogens (tertiary/aromatic N) is 1. The Morgan fingerprint density at radius 1 is 1.25 bits per heavy atom. The van der Waals surface area contributed by atoms with Gasteiger partial charge in [0.05, 0.1) is 0 Å². The zero-order valence-electron chi connectivity index (χ0n) is 8.22. The first-order chi connectivity index (χ1) is 5.77. The number of piperidine rings is 1. The van der Waals surface area contributed by atoms with Crippen LogP contribution in [0.2, 0.25) is 0 Å². The van der Waals surface area contributed by atoms with E-state index in [0.717, 1.165) is 10.9 Å². The standard InChI is InChI=1S/C10H20BrN/c1-3-10(4-2)12-7-5-9(11)6-8-12/h9-10H,3-8H2,1-2H3. The summed E-state index contributed by atoms with van der Waals surface area (Å²) in [7, 11) is 0. The summed E-state index contributed by atoms with van der Waals surface area (Å²) in [6.07, 6.45) is 5.28. The summed E-state index contributed by atoms with van der Waals surface area (Å²) in [5.74, 6) is 0. The highest BCUT2D eigenvalue weighted by Crippen LogP contribution is 2.21. The molecule has 1 fully saturated rings. The van der Waals surface area contributed by atoms with Crippen molar-refractivity contribution in [2.45, 2.75) is 50.4 Å². The van der Waals surface area contributed by atoms with Crippen molar-refractivity contribution < 1.29 is 0 Å². The van der Waals surface area contributed by atoms with E-state index in [0.29, 0.717) is 0 Å². The summed E-state index contributed by atoms with van der Waals surface area (Å²) in [5.41, 5.74) is 0. The van der Waals surface area contributed by atoms with Crippen LogP contribution in [0, 0.1) is 0 Å². The minimum Gasteiger partial charge on any atom is -0.300 e. The molecular formula is C10H20BrN. The van der Waals surface area contributed by atoms with Gasteiger partial charge in [0.2, 0.25) is 0 Å². The smallest absolute Gasteiger partial charge is 0.0170 e. The Labute approximate surface area is 84.6 Å². The third-order valence-corrected chi connectivity index (χ3v) is 3.83. The van der Waals surface area contributed by atoms with Crippen molar-refractivity contribution in [2.24, 2.45) is 0 Å². The van der Waals surface area contributed by atoms with Crippen molar-refractivity contribution >= 4 is 15.9 Å². The Balaban J connectivity index is 2.32. The molecule has 72 valence electrons. The molecule has 1 aliphatic heterocycles. The van der Waals surface area contributed by atoms with E-state index in [1.54, 1.807) is 0 Å². The number of halogens is 1. The van der Waals surface area contributed by atoms with E-state index in [4.69, 9.17) is 0 Å². The molecule has 1 saturated heterocycles. The Bertz CT molecular complexity index is 115. The van der Waals surface area contributed by atoms with Crippen LogP contribution in [-0.4, -0.2) is 28.9 Å². The molecule has 1 nitrogen and oxygen atoms in total. The van der Waals surface area contributed by atoms with Gasteiger partial charge in [0.25, 0.3) is 0 Å². The first-order valence-corrected chi connectivity index (χ1v) is 6.07. The summed E-state index contributed by atoms with van der Waals surface area (Å²) < 4.78 is 0. The van der Waals surface area contributed by atoms with E-state index < -0.39 is 0 Å². The maximum absolute atomic E-state index is 3.68. The molecule has 2 heteroatoms. The second kappa shape index (κ2) is 5.23. The lowest BCUT2D eigenvalue weighted by atomic mass is 10.1. The molecule has 0 saturated carbocycles. The van der Waals surface area contributed by atoms with Gasteiger partial charge < -0.3 is 4.90 Å². The number of likely N-dealkylation sites (tertiary alicyclic amines) is 1. The molecule has 0 unspecified atom stereocenters. The molecule has 0 amide bonds. The molecular weight excluding hydrogens is 214 g/mol. The molecule has 1 heterocycles. The van der Waals surface area contributed by atoms with Crippen LogP contribution in [0.15, 0.2) is 0 Å². The monoisotopic (exact) mass is 233 g/mol. The van der Waals surface area contributed by atoms with Crippen LogP contribution in [0.4, 0.5) is 0 Å². The average molecular weight is 234 g/mol. The normalized spacial score (nSPS) is 22.0. The van der Waals surface area contributed by atoms with Crippen molar-refractivity contribution in [2.75, 3.05) is 13.1 Å². The van der Waals surface area contributed by atoms with Crippen molar-refractivity contribution in [3.63, 3.8) is 0 Å². The fraction of sp³-hybridized carbons (Fsp3) is 1.00. The van der Waals surface area contributed by atoms with Crippen molar-refractivity contribution in [3.8, 4) is 0 Å². The molecule has 1 aliphatic rings. The first-order valence-electron chi connectivity index (χ1n) is 5.16. The Hall–Kier alpha value is 0.440. The number of alkyl halides is 1. The Kier molecular flexibility index (Phi) is 4.59. The van der Waals surface area contributed by atoms with Crippen molar-refractivity contribution in [1.29, 1.82) is 0 Å². The Morgan fingerprint density at radius 2 is 1.75 bits per heavy atom. The van der Waals surface area contributed by atoms with Crippen LogP contribution in [0.3, 0.4) is 0 Å². The number of hydrogen-bond acceptors (Lipinski definition) is 1. The van der Waals surface area contributed by atoms with Gasteiger partial charge in [-0.05, 0) is 38.8 Å². The van der Waals surface area contributed by atoms with Gasteiger partial charge in [-0.1, -0.05) is 29.8 Å². The van der Waals surface area contributed by atoms with Gasteiger partial charge in [0.15, 0.2) is 0 Å². The minimum atomic E-state index is 0.781. The quantitative estimate of drug-likeness (QED) is 0.678. The maximum Gasteiger partial charge on any atom is 0.0170 e. The first kappa shape index (κ1) is 10.5. The second-order valence-corrected chi connectivity index (χ2v) is 4.98. The lowest BCUT2D eigenvalue weighted by Gasteiger charge is -2.35. The van der Waals surface area contributed by atoms with Crippen molar-refractivity contribution in [1.82, 2.24) is 4.90 Å². The van der Waals surface area contributed by atoms with E-state index in [2.05, 4.69) is 34.7 Å². The fourth-order valence-electron chi connectivity index (χ4n) is 2.04. The summed E-state index contributed by atoms with van der Waals surface area (Å²) in [5, 5.41) is 0. The van der Waals surface area contributed by atoms with Crippen LogP contribution in [0.25, 0.3) is 0 Å². The summed E-state index contributed by atoms with van der Waals surface area (Å²) in [6.45, 7) is 7.19. The van der Waals surface area contributed by atoms with Crippen LogP contribution < -0.4 is 0 Å². The zero-order valence-corrected chi connectivity index (χ0v) is 9.81. The van der Waals surface area contributed by atoms with Crippen LogP contribution in [0.5, 0.6) is 0 Å². The van der Waals surface area contributed by atoms with E-state index in [1.807, 2.05) is 0 Å². The van der Waals surface area contributed by atoms with E-state index in [9.17, 15) is 0 Å². The third-order valence-electron chi connectivity index (χ3n) is 2.92. The van der Waals surface area contributed by atoms with Gasteiger partial charge in [0, 0.05) is 10.9 Å². The van der Waals surface area contributed by atoms with Gasteiger partial charge in [-0.2, -0.15) is 0 Å². The molecule has 0 atom stereocenters. The van der Waals surface area contributed by atoms with Gasteiger partial charge in [0.1, 0.15) is 0 Å². The topological polar surface area (TPSA) is 3.24 Å². The van der Waals surface area contributed by atoms with Gasteiger partial charge in [-0.25, -0.2) is 0 Å². The molecule has 0 bridgehead atoms. The third kappa shape index (κ3) is 2.74. The van der Waals surface area contributed by atoms with E-state index in [-0.39, 0.29) is 0 Å². The highest BCUT2D eigenvalue weighted by atomic mass is 79.9. The fourth-order valence-corrected chi connectivity index (χ4v) is 2.45. The highest BCUT2D eigenvalue weighted by molar-refractivity contribution is 9.09. The molecule has 1 rings (SSSR count). The van der Waals surface area contributed by atoms with E-state index >= 15 is 0 Å². The molecule has 0 aromatic rings. The molecule has 0 aromatic heterocycles.